The van der Waals surface area contributed by atoms with Gasteiger partial charge in [0.05, 0.1) is 0 Å². The molecule has 0 aliphatic carbocycles. The number of hydrogen-bond acceptors (Lipinski definition) is 2. The molecule has 0 saturated heterocycles. The second-order valence-corrected chi connectivity index (χ2v) is 2.73. The number of halogens is 1. The van der Waals surface area contributed by atoms with E-state index < -0.39 is 11.3 Å². The second kappa shape index (κ2) is 4.52. The summed E-state index contributed by atoms with van der Waals surface area (Å²) in [4.78, 5) is 10.8. The van der Waals surface area contributed by atoms with E-state index in [-0.39, 0.29) is 0 Å². The predicted octanol–water partition coefficient (Wildman–Crippen LogP) is 1.24. The normalized spacial score (nSPS) is 12.8. The van der Waals surface area contributed by atoms with Gasteiger partial charge in [0.15, 0.2) is 0 Å². The van der Waals surface area contributed by atoms with Crippen LogP contribution in [0.2, 0.25) is 0 Å². The number of rotatable bonds is 3. The minimum Gasteiger partial charge on any atom is -0.286 e. The van der Waals surface area contributed by atoms with Gasteiger partial charge in [0, 0.05) is 6.54 Å². The van der Waals surface area contributed by atoms with Crippen LogP contribution in [0.25, 0.3) is 0 Å². The first kappa shape index (κ1) is 9.72. The number of alkyl halides is 1. The van der Waals surface area contributed by atoms with Crippen molar-refractivity contribution < 1.29 is 10.0 Å². The fourth-order valence-corrected chi connectivity index (χ4v) is 0.640. The monoisotopic (exact) mass is 165 g/mol. The second-order valence-electron chi connectivity index (χ2n) is 2.08. The smallest absolute Gasteiger partial charge is 0.263 e. The molecule has 0 spiro atoms. The van der Waals surface area contributed by atoms with Gasteiger partial charge in [-0.15, -0.1) is 11.6 Å². The van der Waals surface area contributed by atoms with E-state index in [9.17, 15) is 4.79 Å². The van der Waals surface area contributed by atoms with E-state index >= 15 is 0 Å². The van der Waals surface area contributed by atoms with Gasteiger partial charge < -0.3 is 0 Å². The molecule has 3 nitrogen and oxygen atoms in total. The van der Waals surface area contributed by atoms with E-state index in [1.54, 1.807) is 0 Å². The molecule has 0 radical (unpaired) electrons. The van der Waals surface area contributed by atoms with Gasteiger partial charge in [0.25, 0.3) is 5.91 Å². The molecule has 0 aliphatic heterocycles. The maximum atomic E-state index is 10.8. The quantitative estimate of drug-likeness (QED) is 0.388. The summed E-state index contributed by atoms with van der Waals surface area (Å²) >= 11 is 5.41. The van der Waals surface area contributed by atoms with Gasteiger partial charge in [-0.2, -0.15) is 0 Å². The minimum absolute atomic E-state index is 0.343. The van der Waals surface area contributed by atoms with Crippen molar-refractivity contribution in [3.8, 4) is 0 Å². The molecule has 0 fully saturated rings. The average molecular weight is 166 g/mol. The Balaban J connectivity index is 3.71. The van der Waals surface area contributed by atoms with Crippen LogP contribution >= 0.6 is 11.6 Å². The van der Waals surface area contributed by atoms with E-state index in [0.29, 0.717) is 11.6 Å². The molecular formula is C6H12ClNO2. The highest BCUT2D eigenvalue weighted by Crippen LogP contribution is 1.99. The summed E-state index contributed by atoms with van der Waals surface area (Å²) in [6.07, 6.45) is 0.728. The van der Waals surface area contributed by atoms with Crippen molar-refractivity contribution in [1.82, 2.24) is 5.06 Å². The first-order valence-electron chi connectivity index (χ1n) is 3.24. The zero-order valence-electron chi connectivity index (χ0n) is 6.17. The lowest BCUT2D eigenvalue weighted by Crippen LogP contribution is -2.33. The molecular weight excluding hydrogens is 154 g/mol. The lowest BCUT2D eigenvalue weighted by Gasteiger charge is -2.14. The van der Waals surface area contributed by atoms with Crippen LogP contribution in [0.5, 0.6) is 0 Å². The molecule has 0 saturated carbocycles. The fraction of sp³-hybridized carbons (Fsp3) is 0.833. The third-order valence-corrected chi connectivity index (χ3v) is 1.22. The van der Waals surface area contributed by atoms with Gasteiger partial charge in [-0.3, -0.25) is 10.0 Å². The highest BCUT2D eigenvalue weighted by atomic mass is 35.5. The van der Waals surface area contributed by atoms with Crippen LogP contribution in [0.4, 0.5) is 0 Å². The summed E-state index contributed by atoms with van der Waals surface area (Å²) in [6, 6.07) is 0. The molecule has 1 amide bonds. The Morgan fingerprint density at radius 2 is 2.30 bits per heavy atom. The van der Waals surface area contributed by atoms with Gasteiger partial charge in [-0.25, -0.2) is 5.06 Å². The zero-order chi connectivity index (χ0) is 8.15. The molecule has 0 heterocycles. The molecule has 0 aromatic carbocycles. The van der Waals surface area contributed by atoms with Crippen molar-refractivity contribution >= 4 is 17.5 Å². The molecule has 1 unspecified atom stereocenters. The van der Waals surface area contributed by atoms with Gasteiger partial charge in [0.2, 0.25) is 0 Å². The molecule has 10 heavy (non-hydrogen) atoms. The van der Waals surface area contributed by atoms with Crippen molar-refractivity contribution in [2.45, 2.75) is 25.6 Å². The van der Waals surface area contributed by atoms with Crippen molar-refractivity contribution in [2.75, 3.05) is 6.54 Å². The average Bonchev–Trinajstić information content (AvgIpc) is 1.87. The molecule has 0 aromatic rings. The third kappa shape index (κ3) is 3.03. The van der Waals surface area contributed by atoms with E-state index in [4.69, 9.17) is 16.8 Å². The van der Waals surface area contributed by atoms with Crippen LogP contribution in [-0.2, 0) is 4.79 Å². The van der Waals surface area contributed by atoms with Crippen molar-refractivity contribution in [3.63, 3.8) is 0 Å². The molecule has 0 rings (SSSR count). The lowest BCUT2D eigenvalue weighted by molar-refractivity contribution is -0.164. The van der Waals surface area contributed by atoms with Crippen LogP contribution in [0, 0.1) is 0 Å². The predicted molar refractivity (Wildman–Crippen MR) is 39.1 cm³/mol. The fourth-order valence-electron chi connectivity index (χ4n) is 0.527. The summed E-state index contributed by atoms with van der Waals surface area (Å²) in [5.41, 5.74) is 0. The number of hydrogen-bond donors (Lipinski definition) is 1. The molecule has 0 aromatic heterocycles. The standard InChI is InChI=1S/C6H12ClNO2/c1-3-4-8(10)6(9)5(2)7/h5,10H,3-4H2,1-2H3. The Morgan fingerprint density at radius 1 is 1.80 bits per heavy atom. The van der Waals surface area contributed by atoms with Gasteiger partial charge >= 0.3 is 0 Å². The Labute approximate surface area is 65.5 Å². The zero-order valence-corrected chi connectivity index (χ0v) is 6.93. The van der Waals surface area contributed by atoms with Crippen molar-refractivity contribution in [3.05, 3.63) is 0 Å². The van der Waals surface area contributed by atoms with Crippen LogP contribution < -0.4 is 0 Å². The molecule has 0 bridgehead atoms. The van der Waals surface area contributed by atoms with E-state index in [1.165, 1.54) is 6.92 Å². The summed E-state index contributed by atoms with van der Waals surface area (Å²) < 4.78 is 0. The maximum absolute atomic E-state index is 10.8. The topological polar surface area (TPSA) is 40.5 Å². The van der Waals surface area contributed by atoms with E-state index in [2.05, 4.69) is 0 Å². The number of nitrogens with zero attached hydrogens (tertiary/aromatic N) is 1. The van der Waals surface area contributed by atoms with Crippen LogP contribution in [0.15, 0.2) is 0 Å². The van der Waals surface area contributed by atoms with E-state index in [0.717, 1.165) is 6.42 Å². The Morgan fingerprint density at radius 3 is 2.60 bits per heavy atom. The Kier molecular flexibility index (Phi) is 4.40. The third-order valence-electron chi connectivity index (χ3n) is 1.03. The van der Waals surface area contributed by atoms with Gasteiger partial charge in [-0.1, -0.05) is 6.92 Å². The molecule has 4 heteroatoms. The lowest BCUT2D eigenvalue weighted by atomic mass is 10.4. The van der Waals surface area contributed by atoms with Gasteiger partial charge in [0.1, 0.15) is 5.38 Å². The number of carbonyl (C=O) groups excluding carboxylic acids is 1. The largest absolute Gasteiger partial charge is 0.286 e. The summed E-state index contributed by atoms with van der Waals surface area (Å²) in [5.74, 6) is -0.441. The first-order valence-corrected chi connectivity index (χ1v) is 3.67. The van der Waals surface area contributed by atoms with E-state index in [1.807, 2.05) is 6.92 Å². The Hall–Kier alpha value is -0.280. The SMILES string of the molecule is CCCN(O)C(=O)C(C)Cl. The highest BCUT2D eigenvalue weighted by molar-refractivity contribution is 6.30. The number of carbonyl (C=O) groups is 1. The highest BCUT2D eigenvalue weighted by Gasteiger charge is 2.14. The number of amides is 1. The molecule has 0 aliphatic rings. The van der Waals surface area contributed by atoms with Crippen LogP contribution in [0.1, 0.15) is 20.3 Å². The first-order chi connectivity index (χ1) is 4.59. The summed E-state index contributed by atoms with van der Waals surface area (Å²) in [7, 11) is 0. The Bertz CT molecular complexity index is 116. The van der Waals surface area contributed by atoms with Gasteiger partial charge in [-0.05, 0) is 13.3 Å². The van der Waals surface area contributed by atoms with Crippen molar-refractivity contribution in [2.24, 2.45) is 0 Å². The maximum Gasteiger partial charge on any atom is 0.263 e. The number of hydroxylamine groups is 2. The molecule has 1 N–H and O–H groups in total. The molecule has 60 valence electrons. The molecule has 1 atom stereocenters. The van der Waals surface area contributed by atoms with Crippen LogP contribution in [-0.4, -0.2) is 28.1 Å². The van der Waals surface area contributed by atoms with Crippen LogP contribution in [0.3, 0.4) is 0 Å². The summed E-state index contributed by atoms with van der Waals surface area (Å²) in [6.45, 7) is 3.74. The minimum atomic E-state index is -0.642. The van der Waals surface area contributed by atoms with Crippen molar-refractivity contribution in [1.29, 1.82) is 0 Å². The summed E-state index contributed by atoms with van der Waals surface area (Å²) in [5, 5.41) is 8.90.